The molecular weight excluding hydrogens is 216 g/mol. The summed E-state index contributed by atoms with van der Waals surface area (Å²) in [5.41, 5.74) is 0. The van der Waals surface area contributed by atoms with Crippen LogP contribution in [0.4, 0.5) is 4.79 Å². The topological polar surface area (TPSA) is 49.4 Å². The van der Waals surface area contributed by atoms with E-state index < -0.39 is 0 Å². The molecule has 0 aromatic carbocycles. The lowest BCUT2D eigenvalue weighted by Crippen LogP contribution is -2.46. The molecule has 4 nitrogen and oxygen atoms in total. The summed E-state index contributed by atoms with van der Waals surface area (Å²) in [6, 6.07) is -0.194. The van der Waals surface area contributed by atoms with Crippen LogP contribution in [-0.4, -0.2) is 35.3 Å². The average Bonchev–Trinajstić information content (AvgIpc) is 2.18. The van der Waals surface area contributed by atoms with Gasteiger partial charge in [0, 0.05) is 24.9 Å². The summed E-state index contributed by atoms with van der Waals surface area (Å²) < 4.78 is 0. The molecule has 5 heteroatoms. The zero-order valence-corrected chi connectivity index (χ0v) is 10.3. The van der Waals surface area contributed by atoms with Crippen LogP contribution in [0.2, 0.25) is 0 Å². The van der Waals surface area contributed by atoms with Crippen molar-refractivity contribution >= 4 is 23.5 Å². The number of carbonyl (C=O) groups excluding carboxylic acids is 2. The quantitative estimate of drug-likeness (QED) is 0.740. The van der Waals surface area contributed by atoms with E-state index in [0.29, 0.717) is 6.54 Å². The van der Waals surface area contributed by atoms with Gasteiger partial charge in [0.2, 0.25) is 5.91 Å². The lowest BCUT2D eigenvalue weighted by molar-refractivity contribution is -0.119. The van der Waals surface area contributed by atoms with Gasteiger partial charge in [0.15, 0.2) is 0 Å². The molecule has 0 aromatic heterocycles. The van der Waals surface area contributed by atoms with E-state index in [1.165, 1.54) is 0 Å². The van der Waals surface area contributed by atoms with Gasteiger partial charge in [0.05, 0.1) is 0 Å². The Morgan fingerprint density at radius 2 is 2.00 bits per heavy atom. The van der Waals surface area contributed by atoms with Gasteiger partial charge in [-0.3, -0.25) is 10.1 Å². The smallest absolute Gasteiger partial charge is 0.322 e. The summed E-state index contributed by atoms with van der Waals surface area (Å²) in [6.45, 7) is 6.43. The normalized spacial score (nSPS) is 12.0. The van der Waals surface area contributed by atoms with Crippen LogP contribution in [0.1, 0.15) is 33.6 Å². The van der Waals surface area contributed by atoms with E-state index in [9.17, 15) is 9.59 Å². The Balaban J connectivity index is 4.21. The van der Waals surface area contributed by atoms with E-state index in [1.54, 1.807) is 4.90 Å². The van der Waals surface area contributed by atoms with Crippen molar-refractivity contribution in [3.05, 3.63) is 0 Å². The molecule has 1 atom stereocenters. The van der Waals surface area contributed by atoms with Gasteiger partial charge >= 0.3 is 6.03 Å². The van der Waals surface area contributed by atoms with Crippen molar-refractivity contribution in [1.29, 1.82) is 0 Å². The standard InChI is InChI=1S/C10H19ClN2O2/c1-4-8(3)13(5-2)10(15)12-9(14)6-7-11/h8H,4-7H2,1-3H3,(H,12,14,15). The maximum absolute atomic E-state index is 11.6. The first-order valence-corrected chi connectivity index (χ1v) is 5.76. The fourth-order valence-electron chi connectivity index (χ4n) is 1.22. The Morgan fingerprint density at radius 1 is 1.40 bits per heavy atom. The highest BCUT2D eigenvalue weighted by Gasteiger charge is 2.18. The highest BCUT2D eigenvalue weighted by atomic mass is 35.5. The van der Waals surface area contributed by atoms with Crippen LogP contribution in [0.3, 0.4) is 0 Å². The van der Waals surface area contributed by atoms with Gasteiger partial charge in [-0.05, 0) is 20.3 Å². The minimum Gasteiger partial charge on any atom is -0.322 e. The molecule has 0 saturated carbocycles. The van der Waals surface area contributed by atoms with E-state index in [2.05, 4.69) is 5.32 Å². The molecule has 0 saturated heterocycles. The Kier molecular flexibility index (Phi) is 7.13. The molecule has 3 amide bonds. The summed E-state index contributed by atoms with van der Waals surface area (Å²) in [5.74, 6) is -0.0917. The number of hydrogen-bond donors (Lipinski definition) is 1. The average molecular weight is 235 g/mol. The molecule has 0 aliphatic carbocycles. The number of amides is 3. The van der Waals surface area contributed by atoms with Crippen molar-refractivity contribution < 1.29 is 9.59 Å². The fourth-order valence-corrected chi connectivity index (χ4v) is 1.39. The lowest BCUT2D eigenvalue weighted by atomic mass is 10.2. The van der Waals surface area contributed by atoms with Crippen molar-refractivity contribution in [2.24, 2.45) is 0 Å². The van der Waals surface area contributed by atoms with Gasteiger partial charge in [-0.1, -0.05) is 6.92 Å². The molecular formula is C10H19ClN2O2. The van der Waals surface area contributed by atoms with E-state index in [0.717, 1.165) is 6.42 Å². The number of nitrogens with one attached hydrogen (secondary N) is 1. The number of urea groups is 1. The molecule has 0 aliphatic heterocycles. The third-order valence-corrected chi connectivity index (χ3v) is 2.48. The highest BCUT2D eigenvalue weighted by Crippen LogP contribution is 2.03. The predicted molar refractivity (Wildman–Crippen MR) is 61.0 cm³/mol. The third-order valence-electron chi connectivity index (χ3n) is 2.29. The molecule has 15 heavy (non-hydrogen) atoms. The summed E-state index contributed by atoms with van der Waals surface area (Å²) in [5, 5.41) is 2.31. The van der Waals surface area contributed by atoms with Crippen LogP contribution in [0.15, 0.2) is 0 Å². The fraction of sp³-hybridized carbons (Fsp3) is 0.800. The number of alkyl halides is 1. The van der Waals surface area contributed by atoms with Crippen molar-refractivity contribution in [3.63, 3.8) is 0 Å². The molecule has 1 N–H and O–H groups in total. The maximum Gasteiger partial charge on any atom is 0.324 e. The number of halogens is 1. The van der Waals surface area contributed by atoms with E-state index in [1.807, 2.05) is 20.8 Å². The molecule has 0 bridgehead atoms. The first kappa shape index (κ1) is 14.2. The van der Waals surface area contributed by atoms with Gasteiger partial charge in [0.25, 0.3) is 0 Å². The number of nitrogens with zero attached hydrogens (tertiary/aromatic N) is 1. The summed E-state index contributed by atoms with van der Waals surface area (Å²) in [7, 11) is 0. The summed E-state index contributed by atoms with van der Waals surface area (Å²) in [6.07, 6.45) is 1.04. The summed E-state index contributed by atoms with van der Waals surface area (Å²) in [4.78, 5) is 24.4. The Hall–Kier alpha value is -0.770. The first-order chi connectivity index (χ1) is 7.06. The molecule has 0 aromatic rings. The predicted octanol–water partition coefficient (Wildman–Crippen LogP) is 1.97. The number of rotatable bonds is 5. The minimum absolute atomic E-state index is 0.138. The minimum atomic E-state index is -0.332. The number of hydrogen-bond acceptors (Lipinski definition) is 2. The molecule has 0 radical (unpaired) electrons. The SMILES string of the molecule is CCC(C)N(CC)C(=O)NC(=O)CCCl. The van der Waals surface area contributed by atoms with Gasteiger partial charge in [-0.25, -0.2) is 4.79 Å². The van der Waals surface area contributed by atoms with Crippen LogP contribution >= 0.6 is 11.6 Å². The van der Waals surface area contributed by atoms with Crippen LogP contribution in [0, 0.1) is 0 Å². The molecule has 0 heterocycles. The van der Waals surface area contributed by atoms with E-state index in [-0.39, 0.29) is 30.3 Å². The molecule has 0 spiro atoms. The third kappa shape index (κ3) is 5.02. The largest absolute Gasteiger partial charge is 0.324 e. The summed E-state index contributed by atoms with van der Waals surface area (Å²) >= 11 is 5.40. The number of imide groups is 1. The van der Waals surface area contributed by atoms with Crippen LogP contribution < -0.4 is 5.32 Å². The van der Waals surface area contributed by atoms with Crippen molar-refractivity contribution in [1.82, 2.24) is 10.2 Å². The number of carbonyl (C=O) groups is 2. The maximum atomic E-state index is 11.6. The second kappa shape index (κ2) is 7.51. The lowest BCUT2D eigenvalue weighted by Gasteiger charge is -2.26. The van der Waals surface area contributed by atoms with Crippen LogP contribution in [0.25, 0.3) is 0 Å². The monoisotopic (exact) mass is 234 g/mol. The molecule has 0 aliphatic rings. The van der Waals surface area contributed by atoms with Crippen molar-refractivity contribution in [3.8, 4) is 0 Å². The van der Waals surface area contributed by atoms with E-state index in [4.69, 9.17) is 11.6 Å². The van der Waals surface area contributed by atoms with Gasteiger partial charge in [-0.15, -0.1) is 11.6 Å². The zero-order valence-electron chi connectivity index (χ0n) is 9.55. The Bertz CT molecular complexity index is 221. The second-order valence-electron chi connectivity index (χ2n) is 3.34. The van der Waals surface area contributed by atoms with Gasteiger partial charge in [0.1, 0.15) is 0 Å². The second-order valence-corrected chi connectivity index (χ2v) is 3.71. The van der Waals surface area contributed by atoms with Gasteiger partial charge in [-0.2, -0.15) is 0 Å². The van der Waals surface area contributed by atoms with Crippen LogP contribution in [-0.2, 0) is 4.79 Å². The molecule has 88 valence electrons. The van der Waals surface area contributed by atoms with Crippen molar-refractivity contribution in [2.45, 2.75) is 39.7 Å². The Labute approximate surface area is 96.0 Å². The van der Waals surface area contributed by atoms with Crippen molar-refractivity contribution in [2.75, 3.05) is 12.4 Å². The molecule has 0 rings (SSSR count). The molecule has 1 unspecified atom stereocenters. The van der Waals surface area contributed by atoms with Crippen LogP contribution in [0.5, 0.6) is 0 Å². The highest BCUT2D eigenvalue weighted by molar-refractivity contribution is 6.19. The first-order valence-electron chi connectivity index (χ1n) is 5.23. The molecule has 0 fully saturated rings. The zero-order chi connectivity index (χ0) is 11.8. The van der Waals surface area contributed by atoms with Gasteiger partial charge < -0.3 is 4.90 Å². The van der Waals surface area contributed by atoms with E-state index >= 15 is 0 Å². The Morgan fingerprint density at radius 3 is 2.40 bits per heavy atom.